The number of hydrogen-bond donors (Lipinski definition) is 3. The Morgan fingerprint density at radius 3 is 2.40 bits per heavy atom. The van der Waals surface area contributed by atoms with Crippen molar-refractivity contribution in [2.45, 2.75) is 31.8 Å². The Hall–Kier alpha value is -2.13. The quantitative estimate of drug-likeness (QED) is 0.283. The third-order valence-corrected chi connectivity index (χ3v) is 5.26. The summed E-state index contributed by atoms with van der Waals surface area (Å²) in [6.45, 7) is 2.88. The lowest BCUT2D eigenvalue weighted by atomic mass is 10.0. The highest BCUT2D eigenvalue weighted by molar-refractivity contribution is 14.0. The second kappa shape index (κ2) is 12.5. The molecule has 1 amide bonds. The number of guanidine groups is 1. The van der Waals surface area contributed by atoms with Crippen molar-refractivity contribution in [3.05, 3.63) is 71.3 Å². The summed E-state index contributed by atoms with van der Waals surface area (Å²) in [7, 11) is 1.74. The number of aliphatic imine (C=N–C) groups is 1. The van der Waals surface area contributed by atoms with Crippen molar-refractivity contribution in [3.8, 4) is 0 Å². The predicted molar refractivity (Wildman–Crippen MR) is 131 cm³/mol. The van der Waals surface area contributed by atoms with E-state index < -0.39 is 0 Å². The van der Waals surface area contributed by atoms with Crippen LogP contribution in [-0.2, 0) is 17.9 Å². The summed E-state index contributed by atoms with van der Waals surface area (Å²) in [4.78, 5) is 17.9. The van der Waals surface area contributed by atoms with Gasteiger partial charge in [0.1, 0.15) is 0 Å². The summed E-state index contributed by atoms with van der Waals surface area (Å²) < 4.78 is 0. The van der Waals surface area contributed by atoms with Crippen LogP contribution in [0.4, 0.5) is 0 Å². The number of nitrogens with zero attached hydrogens (tertiary/aromatic N) is 2. The van der Waals surface area contributed by atoms with Crippen molar-refractivity contribution < 1.29 is 9.90 Å². The summed E-state index contributed by atoms with van der Waals surface area (Å²) >= 11 is 0. The lowest BCUT2D eigenvalue weighted by Gasteiger charge is -2.18. The van der Waals surface area contributed by atoms with Gasteiger partial charge in [-0.15, -0.1) is 24.0 Å². The third-order valence-electron chi connectivity index (χ3n) is 5.26. The monoisotopic (exact) mass is 522 g/mol. The number of carbonyl (C=O) groups excluding carboxylic acids is 1. The molecule has 0 saturated carbocycles. The maximum atomic E-state index is 11.8. The molecule has 1 heterocycles. The molecule has 0 bridgehead atoms. The molecule has 2 aromatic rings. The molecule has 3 rings (SSSR count). The van der Waals surface area contributed by atoms with E-state index in [0.29, 0.717) is 32.0 Å². The maximum absolute atomic E-state index is 11.8. The largest absolute Gasteiger partial charge is 0.396 e. The van der Waals surface area contributed by atoms with E-state index in [1.165, 1.54) is 0 Å². The molecule has 3 N–H and O–H groups in total. The van der Waals surface area contributed by atoms with Crippen LogP contribution in [0.25, 0.3) is 0 Å². The molecular formula is C23H31IN4O2. The number of halogens is 1. The van der Waals surface area contributed by atoms with Gasteiger partial charge in [0.15, 0.2) is 5.96 Å². The molecule has 1 atom stereocenters. The molecule has 0 radical (unpaired) electrons. The molecule has 2 aromatic carbocycles. The highest BCUT2D eigenvalue weighted by Gasteiger charge is 2.19. The van der Waals surface area contributed by atoms with Crippen LogP contribution in [0, 0.1) is 0 Å². The zero-order chi connectivity index (χ0) is 20.5. The highest BCUT2D eigenvalue weighted by Crippen LogP contribution is 2.15. The SMILES string of the molecule is CN=C(NCc1ccc(CN2CCCC2=O)cc1)NCC(CO)c1ccccc1.I. The predicted octanol–water partition coefficient (Wildman–Crippen LogP) is 2.87. The van der Waals surface area contributed by atoms with Gasteiger partial charge in [-0.2, -0.15) is 0 Å². The van der Waals surface area contributed by atoms with E-state index in [1.807, 2.05) is 35.2 Å². The van der Waals surface area contributed by atoms with Crippen molar-refractivity contribution in [1.29, 1.82) is 0 Å². The Morgan fingerprint density at radius 2 is 1.80 bits per heavy atom. The van der Waals surface area contributed by atoms with Gasteiger partial charge in [-0.25, -0.2) is 0 Å². The van der Waals surface area contributed by atoms with Gasteiger partial charge < -0.3 is 20.6 Å². The second-order valence-electron chi connectivity index (χ2n) is 7.33. The van der Waals surface area contributed by atoms with Gasteiger partial charge in [-0.05, 0) is 23.1 Å². The van der Waals surface area contributed by atoms with Crippen molar-refractivity contribution in [3.63, 3.8) is 0 Å². The fourth-order valence-electron chi connectivity index (χ4n) is 3.49. The van der Waals surface area contributed by atoms with E-state index in [-0.39, 0.29) is 42.4 Å². The van der Waals surface area contributed by atoms with Gasteiger partial charge in [-0.1, -0.05) is 54.6 Å². The molecular weight excluding hydrogens is 491 g/mol. The van der Waals surface area contributed by atoms with E-state index in [9.17, 15) is 9.90 Å². The van der Waals surface area contributed by atoms with E-state index in [4.69, 9.17) is 0 Å². The fourth-order valence-corrected chi connectivity index (χ4v) is 3.49. The van der Waals surface area contributed by atoms with E-state index in [1.54, 1.807) is 7.05 Å². The van der Waals surface area contributed by atoms with Gasteiger partial charge >= 0.3 is 0 Å². The van der Waals surface area contributed by atoms with Gasteiger partial charge in [-0.3, -0.25) is 9.79 Å². The molecule has 1 fully saturated rings. The number of hydrogen-bond acceptors (Lipinski definition) is 3. The van der Waals surface area contributed by atoms with Crippen LogP contribution in [0.5, 0.6) is 0 Å². The molecule has 1 aliphatic heterocycles. The zero-order valence-corrected chi connectivity index (χ0v) is 19.7. The first kappa shape index (κ1) is 24.1. The molecule has 7 heteroatoms. The summed E-state index contributed by atoms with van der Waals surface area (Å²) in [5, 5.41) is 16.3. The fraction of sp³-hybridized carbons (Fsp3) is 0.391. The van der Waals surface area contributed by atoms with Crippen LogP contribution in [0.1, 0.15) is 35.4 Å². The maximum Gasteiger partial charge on any atom is 0.222 e. The average molecular weight is 522 g/mol. The summed E-state index contributed by atoms with van der Waals surface area (Å²) in [6.07, 6.45) is 1.64. The lowest BCUT2D eigenvalue weighted by molar-refractivity contribution is -0.128. The first-order chi connectivity index (χ1) is 14.2. The van der Waals surface area contributed by atoms with Crippen molar-refractivity contribution in [1.82, 2.24) is 15.5 Å². The first-order valence-corrected chi connectivity index (χ1v) is 10.2. The van der Waals surface area contributed by atoms with Crippen LogP contribution in [0.15, 0.2) is 59.6 Å². The molecule has 6 nitrogen and oxygen atoms in total. The van der Waals surface area contributed by atoms with Crippen molar-refractivity contribution >= 4 is 35.8 Å². The third kappa shape index (κ3) is 6.98. The zero-order valence-electron chi connectivity index (χ0n) is 17.4. The summed E-state index contributed by atoms with van der Waals surface area (Å²) in [6, 6.07) is 18.3. The number of amides is 1. The van der Waals surface area contributed by atoms with Gasteiger partial charge in [0.05, 0.1) is 6.61 Å². The number of rotatable bonds is 8. The van der Waals surface area contributed by atoms with Gasteiger partial charge in [0.25, 0.3) is 0 Å². The number of benzene rings is 2. The van der Waals surface area contributed by atoms with E-state index in [0.717, 1.165) is 29.7 Å². The molecule has 1 saturated heterocycles. The van der Waals surface area contributed by atoms with E-state index >= 15 is 0 Å². The first-order valence-electron chi connectivity index (χ1n) is 10.2. The normalized spacial score (nSPS) is 14.9. The number of nitrogens with one attached hydrogen (secondary N) is 2. The van der Waals surface area contributed by atoms with Crippen LogP contribution in [0.2, 0.25) is 0 Å². The van der Waals surface area contributed by atoms with Crippen LogP contribution in [0.3, 0.4) is 0 Å². The Morgan fingerprint density at radius 1 is 1.10 bits per heavy atom. The summed E-state index contributed by atoms with van der Waals surface area (Å²) in [5.41, 5.74) is 3.40. The topological polar surface area (TPSA) is 77.0 Å². The average Bonchev–Trinajstić information content (AvgIpc) is 3.17. The van der Waals surface area contributed by atoms with Crippen LogP contribution >= 0.6 is 24.0 Å². The van der Waals surface area contributed by atoms with E-state index in [2.05, 4.69) is 39.9 Å². The molecule has 0 spiro atoms. The molecule has 0 aromatic heterocycles. The molecule has 0 aliphatic carbocycles. The second-order valence-corrected chi connectivity index (χ2v) is 7.33. The van der Waals surface area contributed by atoms with Crippen molar-refractivity contribution in [2.75, 3.05) is 26.7 Å². The molecule has 30 heavy (non-hydrogen) atoms. The number of carbonyl (C=O) groups is 1. The minimum Gasteiger partial charge on any atom is -0.396 e. The number of likely N-dealkylation sites (tertiary alicyclic amines) is 1. The molecule has 1 aliphatic rings. The Balaban J connectivity index is 0.00000320. The smallest absolute Gasteiger partial charge is 0.222 e. The number of aliphatic hydroxyl groups excluding tert-OH is 1. The highest BCUT2D eigenvalue weighted by atomic mass is 127. The van der Waals surface area contributed by atoms with Crippen LogP contribution < -0.4 is 10.6 Å². The molecule has 162 valence electrons. The van der Waals surface area contributed by atoms with Gasteiger partial charge in [0, 0.05) is 45.6 Å². The minimum atomic E-state index is 0. The Bertz CT molecular complexity index is 812. The lowest BCUT2D eigenvalue weighted by Crippen LogP contribution is -2.39. The minimum absolute atomic E-state index is 0. The Labute approximate surface area is 195 Å². The molecule has 1 unspecified atom stereocenters. The Kier molecular flexibility index (Phi) is 10.1. The standard InChI is InChI=1S/C23H30N4O2.HI/c1-24-23(26-15-21(17-28)20-6-3-2-4-7-20)25-14-18-9-11-19(12-10-18)16-27-13-5-8-22(27)29;/h2-4,6-7,9-12,21,28H,5,8,13-17H2,1H3,(H2,24,25,26);1H. The number of aliphatic hydroxyl groups is 1. The summed E-state index contributed by atoms with van der Waals surface area (Å²) in [5.74, 6) is 0.968. The van der Waals surface area contributed by atoms with Crippen LogP contribution in [-0.4, -0.2) is 48.6 Å². The van der Waals surface area contributed by atoms with Crippen molar-refractivity contribution in [2.24, 2.45) is 4.99 Å². The van der Waals surface area contributed by atoms with Gasteiger partial charge in [0.2, 0.25) is 5.91 Å².